The number of benzene rings is 1. The third-order valence-corrected chi connectivity index (χ3v) is 3.55. The van der Waals surface area contributed by atoms with Crippen LogP contribution in [0, 0.1) is 0 Å². The number of ether oxygens (including phenoxy) is 1. The quantitative estimate of drug-likeness (QED) is 0.424. The monoisotopic (exact) mass is 449 g/mol. The SMILES string of the molecule is CC(C)N(CCOc1cc(Cl)cc(Cl)c1)C(=O)NCCN.O=C(O)C=CC(=O)O. The number of carbonyl (C=O) groups is 3. The molecule has 1 rings (SSSR count). The standard InChI is InChI=1S/C14H21Cl2N3O2.C4H4O4/c1-10(2)19(14(20)18-4-3-17)5-6-21-13-8-11(15)7-12(16)9-13;5-3(6)1-2-4(7)8/h7-10H,3-6,17H2,1-2H3,(H,18,20);1-2H,(H,5,6)(H,7,8). The largest absolute Gasteiger partial charge is 0.492 e. The molecule has 11 heteroatoms. The molecular formula is C18H25Cl2N3O6. The molecule has 0 aliphatic rings. The highest BCUT2D eigenvalue weighted by molar-refractivity contribution is 6.34. The van der Waals surface area contributed by atoms with Crippen molar-refractivity contribution in [2.24, 2.45) is 5.73 Å². The lowest BCUT2D eigenvalue weighted by molar-refractivity contribution is -0.134. The van der Waals surface area contributed by atoms with Crippen LogP contribution in [-0.2, 0) is 9.59 Å². The van der Waals surface area contributed by atoms with Gasteiger partial charge in [-0.05, 0) is 32.0 Å². The Morgan fingerprint density at radius 2 is 1.66 bits per heavy atom. The average molecular weight is 450 g/mol. The minimum absolute atomic E-state index is 0.0642. The number of amides is 2. The normalized spacial score (nSPS) is 10.3. The van der Waals surface area contributed by atoms with E-state index >= 15 is 0 Å². The van der Waals surface area contributed by atoms with Gasteiger partial charge in [0.2, 0.25) is 0 Å². The summed E-state index contributed by atoms with van der Waals surface area (Å²) in [7, 11) is 0. The number of hydrogen-bond donors (Lipinski definition) is 4. The third kappa shape index (κ3) is 13.3. The van der Waals surface area contributed by atoms with E-state index in [9.17, 15) is 14.4 Å². The number of carbonyl (C=O) groups excluding carboxylic acids is 1. The van der Waals surface area contributed by atoms with Gasteiger partial charge in [0, 0.05) is 41.3 Å². The van der Waals surface area contributed by atoms with E-state index in [1.807, 2.05) is 13.8 Å². The lowest BCUT2D eigenvalue weighted by Crippen LogP contribution is -2.47. The molecule has 9 nitrogen and oxygen atoms in total. The van der Waals surface area contributed by atoms with Crippen molar-refractivity contribution in [2.45, 2.75) is 19.9 Å². The van der Waals surface area contributed by atoms with Gasteiger partial charge in [-0.25, -0.2) is 14.4 Å². The van der Waals surface area contributed by atoms with E-state index in [0.29, 0.717) is 54.2 Å². The van der Waals surface area contributed by atoms with Crippen LogP contribution in [0.4, 0.5) is 4.79 Å². The maximum absolute atomic E-state index is 12.0. The summed E-state index contributed by atoms with van der Waals surface area (Å²) in [5.74, 6) is -1.93. The molecule has 5 N–H and O–H groups in total. The van der Waals surface area contributed by atoms with Crippen LogP contribution in [0.5, 0.6) is 5.75 Å². The minimum atomic E-state index is -1.26. The van der Waals surface area contributed by atoms with E-state index in [-0.39, 0.29) is 12.1 Å². The molecule has 0 heterocycles. The highest BCUT2D eigenvalue weighted by atomic mass is 35.5. The number of nitrogens with two attached hydrogens (primary N) is 1. The van der Waals surface area contributed by atoms with Gasteiger partial charge < -0.3 is 30.9 Å². The fourth-order valence-electron chi connectivity index (χ4n) is 1.89. The summed E-state index contributed by atoms with van der Waals surface area (Å²) in [5.41, 5.74) is 5.37. The van der Waals surface area contributed by atoms with E-state index < -0.39 is 11.9 Å². The summed E-state index contributed by atoms with van der Waals surface area (Å²) in [6, 6.07) is 4.91. The molecule has 2 amide bonds. The Kier molecular flexibility index (Phi) is 13.3. The predicted octanol–water partition coefficient (Wildman–Crippen LogP) is 2.46. The first-order valence-corrected chi connectivity index (χ1v) is 9.29. The maximum atomic E-state index is 12.0. The zero-order chi connectivity index (χ0) is 22.4. The lowest BCUT2D eigenvalue weighted by atomic mass is 10.3. The number of carboxylic acids is 2. The number of rotatable bonds is 9. The Bertz CT molecular complexity index is 677. The molecular weight excluding hydrogens is 425 g/mol. The number of carboxylic acid groups (broad SMARTS) is 2. The molecule has 0 bridgehead atoms. The van der Waals surface area contributed by atoms with Crippen LogP contribution in [0.2, 0.25) is 10.0 Å². The van der Waals surface area contributed by atoms with Crippen molar-refractivity contribution in [3.63, 3.8) is 0 Å². The summed E-state index contributed by atoms with van der Waals surface area (Å²) in [4.78, 5) is 32.7. The first kappa shape index (κ1) is 26.5. The Morgan fingerprint density at radius 1 is 1.14 bits per heavy atom. The van der Waals surface area contributed by atoms with Crippen LogP contribution in [0.1, 0.15) is 13.8 Å². The number of urea groups is 1. The van der Waals surface area contributed by atoms with E-state index in [1.165, 1.54) is 0 Å². The molecule has 0 fully saturated rings. The van der Waals surface area contributed by atoms with Crippen LogP contribution in [0.25, 0.3) is 0 Å². The molecule has 0 saturated carbocycles. The van der Waals surface area contributed by atoms with E-state index in [4.69, 9.17) is 43.9 Å². The van der Waals surface area contributed by atoms with Gasteiger partial charge in [0.25, 0.3) is 0 Å². The third-order valence-electron chi connectivity index (χ3n) is 3.11. The predicted molar refractivity (Wildman–Crippen MR) is 111 cm³/mol. The summed E-state index contributed by atoms with van der Waals surface area (Å²) in [6.07, 6.45) is 1.12. The maximum Gasteiger partial charge on any atom is 0.328 e. The summed E-state index contributed by atoms with van der Waals surface area (Å²) in [6.45, 7) is 5.56. The van der Waals surface area contributed by atoms with Gasteiger partial charge in [-0.3, -0.25) is 0 Å². The zero-order valence-electron chi connectivity index (χ0n) is 16.1. The molecule has 0 saturated heterocycles. The molecule has 0 aliphatic heterocycles. The molecule has 0 atom stereocenters. The van der Waals surface area contributed by atoms with Crippen LogP contribution in [-0.4, -0.2) is 65.4 Å². The number of hydrogen-bond acceptors (Lipinski definition) is 5. The van der Waals surface area contributed by atoms with Crippen molar-refractivity contribution in [3.8, 4) is 5.75 Å². The molecule has 29 heavy (non-hydrogen) atoms. The number of halogens is 2. The number of nitrogens with zero attached hydrogens (tertiary/aromatic N) is 1. The van der Waals surface area contributed by atoms with Crippen molar-refractivity contribution < 1.29 is 29.3 Å². The molecule has 0 aromatic heterocycles. The second kappa shape index (κ2) is 14.5. The Hall–Kier alpha value is -2.49. The van der Waals surface area contributed by atoms with Crippen LogP contribution in [0.15, 0.2) is 30.4 Å². The Labute approximate surface area is 179 Å². The second-order valence-electron chi connectivity index (χ2n) is 5.77. The highest BCUT2D eigenvalue weighted by Crippen LogP contribution is 2.24. The molecule has 162 valence electrons. The summed E-state index contributed by atoms with van der Waals surface area (Å²) >= 11 is 11.8. The lowest BCUT2D eigenvalue weighted by Gasteiger charge is -2.26. The Morgan fingerprint density at radius 3 is 2.07 bits per heavy atom. The van der Waals surface area contributed by atoms with Crippen molar-refractivity contribution in [1.82, 2.24) is 10.2 Å². The smallest absolute Gasteiger partial charge is 0.328 e. The van der Waals surface area contributed by atoms with Crippen LogP contribution < -0.4 is 15.8 Å². The van der Waals surface area contributed by atoms with Gasteiger partial charge >= 0.3 is 18.0 Å². The minimum Gasteiger partial charge on any atom is -0.492 e. The fourth-order valence-corrected chi connectivity index (χ4v) is 2.40. The first-order valence-electron chi connectivity index (χ1n) is 8.54. The Balaban J connectivity index is 0.000000828. The molecule has 1 aromatic rings. The van der Waals surface area contributed by atoms with Crippen LogP contribution >= 0.6 is 23.2 Å². The van der Waals surface area contributed by atoms with Gasteiger partial charge in [0.1, 0.15) is 12.4 Å². The number of nitrogens with one attached hydrogen (secondary N) is 1. The van der Waals surface area contributed by atoms with Crippen molar-refractivity contribution in [2.75, 3.05) is 26.2 Å². The molecule has 0 radical (unpaired) electrons. The van der Waals surface area contributed by atoms with E-state index in [2.05, 4.69) is 5.32 Å². The fraction of sp³-hybridized carbons (Fsp3) is 0.389. The van der Waals surface area contributed by atoms with E-state index in [0.717, 1.165) is 0 Å². The molecule has 0 spiro atoms. The second-order valence-corrected chi connectivity index (χ2v) is 6.64. The average Bonchev–Trinajstić information content (AvgIpc) is 2.61. The van der Waals surface area contributed by atoms with E-state index in [1.54, 1.807) is 23.1 Å². The van der Waals surface area contributed by atoms with Gasteiger partial charge in [0.05, 0.1) is 6.54 Å². The molecule has 0 unspecified atom stereocenters. The van der Waals surface area contributed by atoms with Gasteiger partial charge in [-0.15, -0.1) is 0 Å². The number of aliphatic carboxylic acids is 2. The van der Waals surface area contributed by atoms with Crippen molar-refractivity contribution >= 4 is 41.2 Å². The summed E-state index contributed by atoms with van der Waals surface area (Å²) < 4.78 is 5.59. The molecule has 1 aromatic carbocycles. The summed E-state index contributed by atoms with van der Waals surface area (Å²) in [5, 5.41) is 19.4. The zero-order valence-corrected chi connectivity index (χ0v) is 17.6. The van der Waals surface area contributed by atoms with Gasteiger partial charge in [-0.1, -0.05) is 23.2 Å². The van der Waals surface area contributed by atoms with Gasteiger partial charge in [0.15, 0.2) is 0 Å². The van der Waals surface area contributed by atoms with Crippen LogP contribution in [0.3, 0.4) is 0 Å². The first-order chi connectivity index (χ1) is 13.6. The van der Waals surface area contributed by atoms with Crippen molar-refractivity contribution in [1.29, 1.82) is 0 Å². The topological polar surface area (TPSA) is 142 Å². The van der Waals surface area contributed by atoms with Crippen molar-refractivity contribution in [3.05, 3.63) is 40.4 Å². The molecule has 0 aliphatic carbocycles. The highest BCUT2D eigenvalue weighted by Gasteiger charge is 2.16. The van der Waals surface area contributed by atoms with Gasteiger partial charge in [-0.2, -0.15) is 0 Å².